The highest BCUT2D eigenvalue weighted by atomic mass is 16.4. The van der Waals surface area contributed by atoms with Crippen molar-refractivity contribution in [2.45, 2.75) is 11.8 Å². The molecule has 1 fully saturated rings. The smallest absolute Gasteiger partial charge is 0.335 e. The predicted octanol–water partition coefficient (Wildman–Crippen LogP) is 3.84. The molecule has 0 aromatic heterocycles. The Labute approximate surface area is 168 Å². The summed E-state index contributed by atoms with van der Waals surface area (Å²) in [6.45, 7) is 0. The van der Waals surface area contributed by atoms with Gasteiger partial charge in [-0.15, -0.1) is 0 Å². The van der Waals surface area contributed by atoms with Crippen LogP contribution in [-0.2, 0) is 10.2 Å². The van der Waals surface area contributed by atoms with Gasteiger partial charge in [0.1, 0.15) is 0 Å². The van der Waals surface area contributed by atoms with E-state index in [0.717, 1.165) is 17.5 Å². The maximum Gasteiger partial charge on any atom is 0.335 e. The monoisotopic (exact) mass is 384 g/mol. The first-order chi connectivity index (χ1) is 14.1. The van der Waals surface area contributed by atoms with Crippen molar-refractivity contribution in [2.24, 2.45) is 11.0 Å². The number of nitrogens with one attached hydrogen (secondary N) is 1. The van der Waals surface area contributed by atoms with Gasteiger partial charge in [0.05, 0.1) is 17.7 Å². The van der Waals surface area contributed by atoms with Gasteiger partial charge in [-0.1, -0.05) is 72.8 Å². The molecule has 1 unspecified atom stereocenters. The highest BCUT2D eigenvalue weighted by Crippen LogP contribution is 2.58. The van der Waals surface area contributed by atoms with Crippen LogP contribution in [0.15, 0.2) is 90.0 Å². The number of hydrogen-bond acceptors (Lipinski definition) is 3. The van der Waals surface area contributed by atoms with Crippen LogP contribution in [0.3, 0.4) is 0 Å². The van der Waals surface area contributed by atoms with Gasteiger partial charge in [-0.2, -0.15) is 5.10 Å². The second-order valence-corrected chi connectivity index (χ2v) is 7.12. The molecule has 0 spiro atoms. The Hall–Kier alpha value is -3.73. The van der Waals surface area contributed by atoms with Gasteiger partial charge < -0.3 is 5.11 Å². The molecule has 1 saturated carbocycles. The number of amides is 1. The van der Waals surface area contributed by atoms with Gasteiger partial charge >= 0.3 is 5.97 Å². The first kappa shape index (κ1) is 18.6. The van der Waals surface area contributed by atoms with Crippen LogP contribution in [0, 0.1) is 5.92 Å². The third-order valence-electron chi connectivity index (χ3n) is 5.40. The average Bonchev–Trinajstić information content (AvgIpc) is 3.52. The summed E-state index contributed by atoms with van der Waals surface area (Å²) < 4.78 is 0. The molecule has 1 aliphatic rings. The zero-order chi connectivity index (χ0) is 20.3. The highest BCUT2D eigenvalue weighted by molar-refractivity contribution is 5.90. The highest BCUT2D eigenvalue weighted by Gasteiger charge is 2.60. The van der Waals surface area contributed by atoms with Crippen LogP contribution in [0.1, 0.15) is 33.5 Å². The summed E-state index contributed by atoms with van der Waals surface area (Å²) >= 11 is 0. The maximum atomic E-state index is 12.8. The molecule has 29 heavy (non-hydrogen) atoms. The van der Waals surface area contributed by atoms with Crippen molar-refractivity contribution in [2.75, 3.05) is 0 Å². The standard InChI is InChI=1S/C24H20N2O3/c27-22(26-25-16-17-11-13-18(14-12-17)23(28)29)21-15-24(21,19-7-3-1-4-8-19)20-9-5-2-6-10-20/h1-14,16,21H,15H2,(H,26,27)(H,28,29). The number of aromatic carboxylic acids is 1. The Balaban J connectivity index is 1.49. The van der Waals surface area contributed by atoms with Gasteiger partial charge in [-0.25, -0.2) is 10.2 Å². The maximum absolute atomic E-state index is 12.8. The molecule has 0 aliphatic heterocycles. The molecule has 0 saturated heterocycles. The lowest BCUT2D eigenvalue weighted by atomic mass is 9.85. The van der Waals surface area contributed by atoms with E-state index in [4.69, 9.17) is 5.11 Å². The van der Waals surface area contributed by atoms with Crippen LogP contribution < -0.4 is 5.43 Å². The molecule has 1 aliphatic carbocycles. The summed E-state index contributed by atoms with van der Waals surface area (Å²) in [6, 6.07) is 26.5. The molecule has 5 nitrogen and oxygen atoms in total. The Kier molecular flexibility index (Phi) is 4.96. The molecule has 3 aromatic rings. The van der Waals surface area contributed by atoms with Crippen LogP contribution in [0.5, 0.6) is 0 Å². The summed E-state index contributed by atoms with van der Waals surface area (Å²) in [6.07, 6.45) is 2.24. The lowest BCUT2D eigenvalue weighted by Crippen LogP contribution is -2.25. The minimum Gasteiger partial charge on any atom is -0.478 e. The first-order valence-corrected chi connectivity index (χ1v) is 9.38. The van der Waals surface area contributed by atoms with Crippen LogP contribution in [0.25, 0.3) is 0 Å². The zero-order valence-electron chi connectivity index (χ0n) is 15.7. The lowest BCUT2D eigenvalue weighted by molar-refractivity contribution is -0.122. The van der Waals surface area contributed by atoms with Crippen molar-refractivity contribution in [1.82, 2.24) is 5.43 Å². The van der Waals surface area contributed by atoms with E-state index in [1.807, 2.05) is 36.4 Å². The van der Waals surface area contributed by atoms with E-state index in [9.17, 15) is 9.59 Å². The predicted molar refractivity (Wildman–Crippen MR) is 111 cm³/mol. The Morgan fingerprint density at radius 3 is 1.97 bits per heavy atom. The molecule has 144 valence electrons. The fourth-order valence-electron chi connectivity index (χ4n) is 3.82. The Morgan fingerprint density at radius 2 is 1.45 bits per heavy atom. The van der Waals surface area contributed by atoms with Gasteiger partial charge in [0.15, 0.2) is 0 Å². The molecule has 2 N–H and O–H groups in total. The minimum atomic E-state index is -0.978. The van der Waals surface area contributed by atoms with E-state index >= 15 is 0 Å². The van der Waals surface area contributed by atoms with Crippen molar-refractivity contribution in [3.63, 3.8) is 0 Å². The van der Waals surface area contributed by atoms with Crippen LogP contribution in [0.2, 0.25) is 0 Å². The van der Waals surface area contributed by atoms with Gasteiger partial charge in [0, 0.05) is 5.41 Å². The fraction of sp³-hybridized carbons (Fsp3) is 0.125. The molecule has 0 heterocycles. The van der Waals surface area contributed by atoms with E-state index in [-0.39, 0.29) is 22.8 Å². The zero-order valence-corrected chi connectivity index (χ0v) is 15.7. The molecule has 5 heteroatoms. The Morgan fingerprint density at radius 1 is 0.897 bits per heavy atom. The van der Waals surface area contributed by atoms with Crippen LogP contribution >= 0.6 is 0 Å². The molecule has 1 amide bonds. The molecule has 4 rings (SSSR count). The molecular formula is C24H20N2O3. The van der Waals surface area contributed by atoms with Gasteiger partial charge in [0.25, 0.3) is 0 Å². The number of carbonyl (C=O) groups is 2. The summed E-state index contributed by atoms with van der Waals surface area (Å²) in [7, 11) is 0. The average molecular weight is 384 g/mol. The van der Waals surface area contributed by atoms with Crippen molar-refractivity contribution in [3.8, 4) is 0 Å². The minimum absolute atomic E-state index is 0.129. The SMILES string of the molecule is O=C(O)c1ccc(C=NNC(=O)C2CC2(c2ccccc2)c2ccccc2)cc1. The van der Waals surface area contributed by atoms with Crippen molar-refractivity contribution < 1.29 is 14.7 Å². The number of carboxylic acid groups (broad SMARTS) is 1. The van der Waals surface area contributed by atoms with E-state index < -0.39 is 5.97 Å². The summed E-state index contributed by atoms with van der Waals surface area (Å²) in [5.74, 6) is -1.30. The van der Waals surface area contributed by atoms with Crippen LogP contribution in [0.4, 0.5) is 0 Å². The van der Waals surface area contributed by atoms with E-state index in [0.29, 0.717) is 5.56 Å². The van der Waals surface area contributed by atoms with Crippen molar-refractivity contribution in [1.29, 1.82) is 0 Å². The number of rotatable bonds is 6. The van der Waals surface area contributed by atoms with E-state index in [1.165, 1.54) is 18.3 Å². The second-order valence-electron chi connectivity index (χ2n) is 7.12. The Bertz CT molecular complexity index is 1010. The number of hydrogen-bond donors (Lipinski definition) is 2. The number of nitrogens with zero attached hydrogens (tertiary/aromatic N) is 1. The number of carboxylic acids is 1. The van der Waals surface area contributed by atoms with Crippen LogP contribution in [-0.4, -0.2) is 23.2 Å². The number of hydrazone groups is 1. The first-order valence-electron chi connectivity index (χ1n) is 9.38. The molecule has 1 atom stereocenters. The molecular weight excluding hydrogens is 364 g/mol. The third-order valence-corrected chi connectivity index (χ3v) is 5.40. The van der Waals surface area contributed by atoms with Gasteiger partial charge in [-0.3, -0.25) is 4.79 Å². The summed E-state index contributed by atoms with van der Waals surface area (Å²) in [5, 5.41) is 13.0. The quantitative estimate of drug-likeness (QED) is 0.501. The topological polar surface area (TPSA) is 78.8 Å². The third kappa shape index (κ3) is 3.67. The molecule has 3 aromatic carbocycles. The lowest BCUT2D eigenvalue weighted by Gasteiger charge is -2.18. The normalized spacial score (nSPS) is 17.0. The molecule has 0 radical (unpaired) electrons. The fourth-order valence-corrected chi connectivity index (χ4v) is 3.82. The van der Waals surface area contributed by atoms with Crippen molar-refractivity contribution >= 4 is 18.1 Å². The summed E-state index contributed by atoms with van der Waals surface area (Å²) in [4.78, 5) is 23.7. The number of benzene rings is 3. The van der Waals surface area contributed by atoms with E-state index in [1.54, 1.807) is 12.1 Å². The van der Waals surface area contributed by atoms with E-state index in [2.05, 4.69) is 34.8 Å². The summed E-state index contributed by atoms with van der Waals surface area (Å²) in [5.41, 5.74) is 5.48. The number of carbonyl (C=O) groups excluding carboxylic acids is 1. The van der Waals surface area contributed by atoms with Gasteiger partial charge in [0.2, 0.25) is 5.91 Å². The molecule has 0 bridgehead atoms. The van der Waals surface area contributed by atoms with Gasteiger partial charge in [-0.05, 0) is 35.2 Å². The van der Waals surface area contributed by atoms with Crippen molar-refractivity contribution in [3.05, 3.63) is 107 Å². The second kappa shape index (κ2) is 7.72. The largest absolute Gasteiger partial charge is 0.478 e.